The van der Waals surface area contributed by atoms with Crippen molar-refractivity contribution in [2.24, 2.45) is 12.5 Å². The Morgan fingerprint density at radius 1 is 1.40 bits per heavy atom. The van der Waals surface area contributed by atoms with Crippen molar-refractivity contribution in [3.63, 3.8) is 0 Å². The fraction of sp³-hybridized carbons (Fsp3) is 0.800. The maximum Gasteiger partial charge on any atom is 0.0847 e. The fourth-order valence-electron chi connectivity index (χ4n) is 3.10. The molecule has 1 aromatic rings. The summed E-state index contributed by atoms with van der Waals surface area (Å²) in [6.45, 7) is 4.77. The maximum absolute atomic E-state index is 6.44. The third kappa shape index (κ3) is 3.02. The monoisotopic (exact) mass is 297 g/mol. The van der Waals surface area contributed by atoms with Crippen LogP contribution in [0.15, 0.2) is 0 Å². The quantitative estimate of drug-likeness (QED) is 0.907. The average molecular weight is 298 g/mol. The zero-order valence-electron chi connectivity index (χ0n) is 12.4. The molecule has 1 aliphatic carbocycles. The molecule has 1 aromatic heterocycles. The van der Waals surface area contributed by atoms with E-state index in [4.69, 9.17) is 16.3 Å². The first kappa shape index (κ1) is 14.4. The molecule has 1 aliphatic heterocycles. The van der Waals surface area contributed by atoms with Gasteiger partial charge in [0.25, 0.3) is 0 Å². The molecule has 20 heavy (non-hydrogen) atoms. The van der Waals surface area contributed by atoms with Gasteiger partial charge in [0.05, 0.1) is 16.4 Å². The number of nitrogens with one attached hydrogen (secondary N) is 1. The molecule has 2 fully saturated rings. The molecular formula is C15H24ClN3O. The first-order chi connectivity index (χ1) is 9.60. The summed E-state index contributed by atoms with van der Waals surface area (Å²) >= 11 is 6.44. The van der Waals surface area contributed by atoms with E-state index in [9.17, 15) is 0 Å². The highest BCUT2D eigenvalue weighted by atomic mass is 35.5. The predicted octanol–water partition coefficient (Wildman–Crippen LogP) is 2.47. The zero-order valence-corrected chi connectivity index (χ0v) is 13.2. The molecule has 0 unspecified atom stereocenters. The highest BCUT2D eigenvalue weighted by Crippen LogP contribution is 2.37. The molecule has 0 bridgehead atoms. The van der Waals surface area contributed by atoms with Gasteiger partial charge in [-0.25, -0.2) is 0 Å². The molecule has 4 nitrogen and oxygen atoms in total. The summed E-state index contributed by atoms with van der Waals surface area (Å²) in [6.07, 6.45) is 5.86. The first-order valence-electron chi connectivity index (χ1n) is 7.59. The summed E-state index contributed by atoms with van der Waals surface area (Å²) in [6, 6.07) is 0.749. The minimum Gasteiger partial charge on any atom is -0.381 e. The van der Waals surface area contributed by atoms with Gasteiger partial charge >= 0.3 is 0 Å². The van der Waals surface area contributed by atoms with Gasteiger partial charge in [0.15, 0.2) is 0 Å². The van der Waals surface area contributed by atoms with Crippen molar-refractivity contribution in [2.75, 3.05) is 19.8 Å². The van der Waals surface area contributed by atoms with E-state index in [-0.39, 0.29) is 5.41 Å². The Balaban J connectivity index is 1.77. The summed E-state index contributed by atoms with van der Waals surface area (Å²) < 4.78 is 7.52. The lowest BCUT2D eigenvalue weighted by Gasteiger charge is -2.37. The summed E-state index contributed by atoms with van der Waals surface area (Å²) in [4.78, 5) is 0. The van der Waals surface area contributed by atoms with Crippen LogP contribution in [-0.2, 0) is 18.2 Å². The van der Waals surface area contributed by atoms with E-state index in [0.29, 0.717) is 0 Å². The van der Waals surface area contributed by atoms with Crippen molar-refractivity contribution in [1.82, 2.24) is 15.1 Å². The van der Waals surface area contributed by atoms with Gasteiger partial charge in [-0.3, -0.25) is 4.68 Å². The van der Waals surface area contributed by atoms with E-state index in [2.05, 4.69) is 10.4 Å². The number of rotatable bonds is 5. The average Bonchev–Trinajstić information content (AvgIpc) is 3.23. The van der Waals surface area contributed by atoms with Crippen LogP contribution in [0.5, 0.6) is 0 Å². The minimum absolute atomic E-state index is 0.269. The fourth-order valence-corrected chi connectivity index (χ4v) is 3.32. The molecule has 5 heteroatoms. The smallest absolute Gasteiger partial charge is 0.0847 e. The van der Waals surface area contributed by atoms with E-state index in [1.807, 2.05) is 18.7 Å². The van der Waals surface area contributed by atoms with Crippen LogP contribution in [0.2, 0.25) is 5.02 Å². The van der Waals surface area contributed by atoms with Crippen LogP contribution in [0, 0.1) is 12.3 Å². The van der Waals surface area contributed by atoms with E-state index in [1.165, 1.54) is 18.5 Å². The first-order valence-corrected chi connectivity index (χ1v) is 7.97. The Morgan fingerprint density at radius 2 is 2.10 bits per heavy atom. The zero-order chi connectivity index (χ0) is 14.2. The van der Waals surface area contributed by atoms with E-state index in [1.54, 1.807) is 0 Å². The number of nitrogens with zero attached hydrogens (tertiary/aromatic N) is 2. The molecule has 2 heterocycles. The largest absolute Gasteiger partial charge is 0.381 e. The lowest BCUT2D eigenvalue weighted by molar-refractivity contribution is 0.0139. The third-order valence-corrected chi connectivity index (χ3v) is 5.19. The Morgan fingerprint density at radius 3 is 2.65 bits per heavy atom. The highest BCUT2D eigenvalue weighted by Gasteiger charge is 2.36. The Hall–Kier alpha value is -0.580. The highest BCUT2D eigenvalue weighted by molar-refractivity contribution is 6.31. The van der Waals surface area contributed by atoms with Crippen LogP contribution in [0.1, 0.15) is 37.1 Å². The lowest BCUT2D eigenvalue weighted by Crippen LogP contribution is -2.42. The Labute approximate surface area is 125 Å². The van der Waals surface area contributed by atoms with Gasteiger partial charge in [-0.1, -0.05) is 11.6 Å². The number of aromatic nitrogens is 2. The molecule has 112 valence electrons. The van der Waals surface area contributed by atoms with Crippen molar-refractivity contribution in [1.29, 1.82) is 0 Å². The second kappa shape index (κ2) is 5.66. The Kier molecular flexibility index (Phi) is 4.07. The second-order valence-corrected chi connectivity index (χ2v) is 6.79. The summed E-state index contributed by atoms with van der Waals surface area (Å²) in [5, 5.41) is 8.99. The van der Waals surface area contributed by atoms with Gasteiger partial charge in [-0.15, -0.1) is 0 Å². The van der Waals surface area contributed by atoms with Crippen molar-refractivity contribution >= 4 is 11.6 Å². The van der Waals surface area contributed by atoms with Crippen molar-refractivity contribution < 1.29 is 4.74 Å². The third-order valence-electron chi connectivity index (χ3n) is 4.70. The molecule has 1 N–H and O–H groups in total. The Bertz CT molecular complexity index is 476. The normalized spacial score (nSPS) is 22.1. The van der Waals surface area contributed by atoms with Gasteiger partial charge in [0.2, 0.25) is 0 Å². The molecule has 0 spiro atoms. The van der Waals surface area contributed by atoms with Crippen LogP contribution in [0.4, 0.5) is 0 Å². The SMILES string of the molecule is Cc1nn(C)c(CC2(CNC3CC3)CCOCC2)c1Cl. The number of halogens is 1. The number of hydrogen-bond acceptors (Lipinski definition) is 3. The maximum atomic E-state index is 6.44. The molecule has 2 aliphatic rings. The summed E-state index contributed by atoms with van der Waals surface area (Å²) in [5.74, 6) is 0. The van der Waals surface area contributed by atoms with Crippen LogP contribution < -0.4 is 5.32 Å². The number of ether oxygens (including phenoxy) is 1. The van der Waals surface area contributed by atoms with Crippen LogP contribution in [0.3, 0.4) is 0 Å². The molecule has 3 rings (SSSR count). The molecule has 0 radical (unpaired) electrons. The standard InChI is InChI=1S/C15H24ClN3O/c1-11-14(16)13(19(2)18-11)9-15(5-7-20-8-6-15)10-17-12-3-4-12/h12,17H,3-10H2,1-2H3. The summed E-state index contributed by atoms with van der Waals surface area (Å²) in [7, 11) is 2.00. The second-order valence-electron chi connectivity index (χ2n) is 6.41. The van der Waals surface area contributed by atoms with Crippen LogP contribution >= 0.6 is 11.6 Å². The predicted molar refractivity (Wildman–Crippen MR) is 80.2 cm³/mol. The topological polar surface area (TPSA) is 39.1 Å². The van der Waals surface area contributed by atoms with Gasteiger partial charge in [0, 0.05) is 32.8 Å². The van der Waals surface area contributed by atoms with Crippen molar-refractivity contribution in [3.05, 3.63) is 16.4 Å². The number of hydrogen-bond donors (Lipinski definition) is 1. The molecule has 0 aromatic carbocycles. The van der Waals surface area contributed by atoms with Crippen LogP contribution in [0.25, 0.3) is 0 Å². The lowest BCUT2D eigenvalue weighted by atomic mass is 9.76. The molecule has 0 atom stereocenters. The molecular weight excluding hydrogens is 274 g/mol. The summed E-state index contributed by atoms with van der Waals surface area (Å²) in [5.41, 5.74) is 2.37. The van der Waals surface area contributed by atoms with E-state index < -0.39 is 0 Å². The minimum atomic E-state index is 0.269. The van der Waals surface area contributed by atoms with Gasteiger partial charge in [-0.2, -0.15) is 5.10 Å². The molecule has 1 saturated heterocycles. The van der Waals surface area contributed by atoms with Gasteiger partial charge in [0.1, 0.15) is 0 Å². The van der Waals surface area contributed by atoms with Crippen molar-refractivity contribution in [2.45, 2.75) is 45.1 Å². The van der Waals surface area contributed by atoms with E-state index >= 15 is 0 Å². The molecule has 1 saturated carbocycles. The van der Waals surface area contributed by atoms with E-state index in [0.717, 1.165) is 55.8 Å². The van der Waals surface area contributed by atoms with Crippen LogP contribution in [-0.4, -0.2) is 35.6 Å². The number of aryl methyl sites for hydroxylation is 2. The molecule has 0 amide bonds. The van der Waals surface area contributed by atoms with Gasteiger partial charge in [-0.05, 0) is 44.4 Å². The van der Waals surface area contributed by atoms with Gasteiger partial charge < -0.3 is 10.1 Å². The van der Waals surface area contributed by atoms with Crippen molar-refractivity contribution in [3.8, 4) is 0 Å².